The molecule has 0 atom stereocenters. The lowest BCUT2D eigenvalue weighted by Crippen LogP contribution is -2.16. The average molecular weight is 225 g/mol. The van der Waals surface area contributed by atoms with Gasteiger partial charge in [-0.2, -0.15) is 5.10 Å². The Balaban J connectivity index is 2.05. The van der Waals surface area contributed by atoms with E-state index in [9.17, 15) is 0 Å². The van der Waals surface area contributed by atoms with Crippen molar-refractivity contribution in [1.82, 2.24) is 15.1 Å². The van der Waals surface area contributed by atoms with E-state index in [0.717, 1.165) is 44.1 Å². The molecule has 0 radical (unpaired) electrons. The van der Waals surface area contributed by atoms with Crippen LogP contribution in [-0.2, 0) is 7.05 Å². The van der Waals surface area contributed by atoms with E-state index in [2.05, 4.69) is 17.3 Å². The molecule has 1 aromatic rings. The van der Waals surface area contributed by atoms with Gasteiger partial charge in [-0.3, -0.25) is 0 Å². The maximum absolute atomic E-state index is 5.64. The predicted octanol–water partition coefficient (Wildman–Crippen LogP) is 1.89. The fourth-order valence-corrected chi connectivity index (χ4v) is 1.55. The van der Waals surface area contributed by atoms with Crippen molar-refractivity contribution in [2.24, 2.45) is 7.05 Å². The van der Waals surface area contributed by atoms with Crippen molar-refractivity contribution in [3.05, 3.63) is 11.8 Å². The molecule has 4 heteroatoms. The molecule has 0 bridgehead atoms. The quantitative estimate of drug-likeness (QED) is 0.687. The van der Waals surface area contributed by atoms with Crippen LogP contribution < -0.4 is 10.1 Å². The Hall–Kier alpha value is -1.03. The number of ether oxygens (including phenoxy) is 1. The Morgan fingerprint density at radius 3 is 2.81 bits per heavy atom. The van der Waals surface area contributed by atoms with Crippen molar-refractivity contribution in [1.29, 1.82) is 0 Å². The Labute approximate surface area is 98.0 Å². The van der Waals surface area contributed by atoms with E-state index in [1.54, 1.807) is 4.68 Å². The van der Waals surface area contributed by atoms with Gasteiger partial charge >= 0.3 is 0 Å². The van der Waals surface area contributed by atoms with Gasteiger partial charge in [-0.05, 0) is 39.3 Å². The second-order valence-electron chi connectivity index (χ2n) is 4.05. The zero-order chi connectivity index (χ0) is 11.8. The number of hydrogen-bond acceptors (Lipinski definition) is 3. The van der Waals surface area contributed by atoms with E-state index in [4.69, 9.17) is 4.74 Å². The molecule has 0 saturated carbocycles. The molecule has 16 heavy (non-hydrogen) atoms. The van der Waals surface area contributed by atoms with Crippen LogP contribution in [0.3, 0.4) is 0 Å². The van der Waals surface area contributed by atoms with Gasteiger partial charge in [-0.25, -0.2) is 4.68 Å². The summed E-state index contributed by atoms with van der Waals surface area (Å²) in [6.45, 7) is 7.12. The number of aryl methyl sites for hydroxylation is 2. The Morgan fingerprint density at radius 2 is 2.19 bits per heavy atom. The number of aromatic nitrogens is 2. The van der Waals surface area contributed by atoms with Crippen molar-refractivity contribution in [2.45, 2.75) is 33.1 Å². The molecule has 0 aliphatic heterocycles. The molecule has 1 heterocycles. The van der Waals surface area contributed by atoms with E-state index in [1.807, 2.05) is 20.0 Å². The van der Waals surface area contributed by atoms with Crippen LogP contribution in [0.2, 0.25) is 0 Å². The molecule has 1 N–H and O–H groups in total. The number of unbranched alkanes of at least 4 members (excludes halogenated alkanes) is 1. The summed E-state index contributed by atoms with van der Waals surface area (Å²) in [5.41, 5.74) is 1.00. The third kappa shape index (κ3) is 4.66. The third-order valence-electron chi connectivity index (χ3n) is 2.38. The van der Waals surface area contributed by atoms with E-state index in [1.165, 1.54) is 6.42 Å². The SMILES string of the molecule is CCCNCCCCOc1cc(C)nn1C. The third-order valence-corrected chi connectivity index (χ3v) is 2.38. The fraction of sp³-hybridized carbons (Fsp3) is 0.750. The first-order valence-electron chi connectivity index (χ1n) is 6.08. The van der Waals surface area contributed by atoms with Crippen molar-refractivity contribution < 1.29 is 4.74 Å². The second kappa shape index (κ2) is 7.28. The number of hydrogen-bond donors (Lipinski definition) is 1. The van der Waals surface area contributed by atoms with Gasteiger partial charge in [0.25, 0.3) is 0 Å². The monoisotopic (exact) mass is 225 g/mol. The predicted molar refractivity (Wildman–Crippen MR) is 65.8 cm³/mol. The highest BCUT2D eigenvalue weighted by Gasteiger charge is 2.01. The average Bonchev–Trinajstić information content (AvgIpc) is 2.56. The van der Waals surface area contributed by atoms with Crippen molar-refractivity contribution in [2.75, 3.05) is 19.7 Å². The molecule has 0 aliphatic carbocycles. The molecule has 0 amide bonds. The highest BCUT2D eigenvalue weighted by Crippen LogP contribution is 2.11. The fourth-order valence-electron chi connectivity index (χ4n) is 1.55. The standard InChI is InChI=1S/C12H23N3O/c1-4-7-13-8-5-6-9-16-12-10-11(2)14-15(12)3/h10,13H,4-9H2,1-3H3. The number of rotatable bonds is 8. The van der Waals surface area contributed by atoms with E-state index in [-0.39, 0.29) is 0 Å². The first-order valence-corrected chi connectivity index (χ1v) is 6.08. The maximum atomic E-state index is 5.64. The minimum absolute atomic E-state index is 0.771. The molecule has 0 aliphatic rings. The van der Waals surface area contributed by atoms with Crippen LogP contribution in [0.25, 0.3) is 0 Å². The van der Waals surface area contributed by atoms with E-state index >= 15 is 0 Å². The van der Waals surface area contributed by atoms with Crippen molar-refractivity contribution >= 4 is 0 Å². The molecule has 1 rings (SSSR count). The van der Waals surface area contributed by atoms with Crippen molar-refractivity contribution in [3.63, 3.8) is 0 Å². The lowest BCUT2D eigenvalue weighted by atomic mass is 10.3. The second-order valence-corrected chi connectivity index (χ2v) is 4.05. The van der Waals surface area contributed by atoms with Crippen LogP contribution in [0, 0.1) is 6.92 Å². The Morgan fingerprint density at radius 1 is 1.38 bits per heavy atom. The first-order chi connectivity index (χ1) is 7.74. The van der Waals surface area contributed by atoms with Gasteiger partial charge in [0.05, 0.1) is 12.3 Å². The molecular formula is C12H23N3O. The minimum atomic E-state index is 0.771. The smallest absolute Gasteiger partial charge is 0.211 e. The summed E-state index contributed by atoms with van der Waals surface area (Å²) < 4.78 is 7.42. The zero-order valence-electron chi connectivity index (χ0n) is 10.6. The van der Waals surface area contributed by atoms with Crippen LogP contribution in [0.4, 0.5) is 0 Å². The van der Waals surface area contributed by atoms with Crippen LogP contribution >= 0.6 is 0 Å². The molecule has 0 unspecified atom stereocenters. The summed E-state index contributed by atoms with van der Waals surface area (Å²) in [4.78, 5) is 0. The molecule has 0 saturated heterocycles. The number of nitrogens with one attached hydrogen (secondary N) is 1. The lowest BCUT2D eigenvalue weighted by Gasteiger charge is -2.06. The minimum Gasteiger partial charge on any atom is -0.478 e. The van der Waals surface area contributed by atoms with Gasteiger partial charge in [0.15, 0.2) is 0 Å². The first kappa shape index (κ1) is 13.0. The van der Waals surface area contributed by atoms with Gasteiger partial charge < -0.3 is 10.1 Å². The summed E-state index contributed by atoms with van der Waals surface area (Å²) in [7, 11) is 1.91. The summed E-state index contributed by atoms with van der Waals surface area (Å²) in [5.74, 6) is 0.860. The molecule has 92 valence electrons. The van der Waals surface area contributed by atoms with Crippen LogP contribution in [0.15, 0.2) is 6.07 Å². The molecule has 1 aromatic heterocycles. The van der Waals surface area contributed by atoms with Gasteiger partial charge in [-0.1, -0.05) is 6.92 Å². The van der Waals surface area contributed by atoms with E-state index in [0.29, 0.717) is 0 Å². The Bertz CT molecular complexity index is 296. The largest absolute Gasteiger partial charge is 0.478 e. The van der Waals surface area contributed by atoms with E-state index < -0.39 is 0 Å². The summed E-state index contributed by atoms with van der Waals surface area (Å²) in [5, 5.41) is 7.61. The molecule has 4 nitrogen and oxygen atoms in total. The van der Waals surface area contributed by atoms with Gasteiger partial charge in [-0.15, -0.1) is 0 Å². The summed E-state index contributed by atoms with van der Waals surface area (Å²) in [6, 6.07) is 1.97. The lowest BCUT2D eigenvalue weighted by molar-refractivity contribution is 0.280. The van der Waals surface area contributed by atoms with Crippen LogP contribution in [0.5, 0.6) is 5.88 Å². The van der Waals surface area contributed by atoms with Crippen LogP contribution in [0.1, 0.15) is 31.9 Å². The number of nitrogens with zero attached hydrogens (tertiary/aromatic N) is 2. The summed E-state index contributed by atoms with van der Waals surface area (Å²) in [6.07, 6.45) is 3.45. The molecule has 0 fully saturated rings. The molecule has 0 spiro atoms. The molecule has 0 aromatic carbocycles. The van der Waals surface area contributed by atoms with Gasteiger partial charge in [0.1, 0.15) is 0 Å². The van der Waals surface area contributed by atoms with Crippen molar-refractivity contribution in [3.8, 4) is 5.88 Å². The van der Waals surface area contributed by atoms with Gasteiger partial charge in [0, 0.05) is 13.1 Å². The highest BCUT2D eigenvalue weighted by molar-refractivity contribution is 5.14. The van der Waals surface area contributed by atoms with Gasteiger partial charge in [0.2, 0.25) is 5.88 Å². The Kier molecular flexibility index (Phi) is 5.93. The topological polar surface area (TPSA) is 39.1 Å². The summed E-state index contributed by atoms with van der Waals surface area (Å²) >= 11 is 0. The normalized spacial score (nSPS) is 10.7. The van der Waals surface area contributed by atoms with Crippen LogP contribution in [-0.4, -0.2) is 29.5 Å². The maximum Gasteiger partial charge on any atom is 0.211 e. The highest BCUT2D eigenvalue weighted by atomic mass is 16.5. The molecular weight excluding hydrogens is 202 g/mol. The zero-order valence-corrected chi connectivity index (χ0v) is 10.6.